The average molecular weight is 422 g/mol. The molecule has 0 heterocycles. The Kier molecular flexibility index (Phi) is 8.08. The summed E-state index contributed by atoms with van der Waals surface area (Å²) in [7, 11) is 0. The van der Waals surface area contributed by atoms with Gasteiger partial charge in [0.25, 0.3) is 0 Å². The molecule has 0 bridgehead atoms. The first-order valence-corrected chi connectivity index (χ1v) is 9.38. The number of nitrogens with zero attached hydrogens (tertiary/aromatic N) is 1. The lowest BCUT2D eigenvalue weighted by molar-refractivity contribution is -0.153. The molecule has 0 saturated carbocycles. The zero-order valence-electron chi connectivity index (χ0n) is 16.8. The zero-order chi connectivity index (χ0) is 22.1. The lowest BCUT2D eigenvalue weighted by Gasteiger charge is -2.16. The number of guanidine groups is 1. The van der Waals surface area contributed by atoms with E-state index in [0.29, 0.717) is 30.2 Å². The summed E-state index contributed by atoms with van der Waals surface area (Å²) >= 11 is 0. The molecule has 1 amide bonds. The van der Waals surface area contributed by atoms with E-state index in [2.05, 4.69) is 15.6 Å². The highest BCUT2D eigenvalue weighted by Crippen LogP contribution is 2.23. The highest BCUT2D eigenvalue weighted by Gasteiger charge is 2.28. The molecule has 0 spiro atoms. The van der Waals surface area contributed by atoms with E-state index in [-0.39, 0.29) is 12.3 Å². The number of halogens is 3. The van der Waals surface area contributed by atoms with Gasteiger partial charge in [-0.1, -0.05) is 24.3 Å². The van der Waals surface area contributed by atoms with Gasteiger partial charge in [0.2, 0.25) is 5.91 Å². The molecule has 0 saturated heterocycles. The third-order valence-electron chi connectivity index (χ3n) is 4.06. The normalized spacial score (nSPS) is 11.8. The number of carbonyl (C=O) groups is 1. The van der Waals surface area contributed by atoms with Gasteiger partial charge in [0.1, 0.15) is 5.75 Å². The van der Waals surface area contributed by atoms with Crippen molar-refractivity contribution in [1.29, 1.82) is 0 Å². The van der Waals surface area contributed by atoms with E-state index >= 15 is 0 Å². The second-order valence-electron chi connectivity index (χ2n) is 6.62. The second kappa shape index (κ2) is 10.5. The minimum absolute atomic E-state index is 0.178. The summed E-state index contributed by atoms with van der Waals surface area (Å²) in [5.74, 6) is 0.179. The molecule has 9 heteroatoms. The number of rotatable bonds is 8. The van der Waals surface area contributed by atoms with Crippen LogP contribution >= 0.6 is 0 Å². The SMILES string of the molecule is CCNC(=NCc1ccc(C(N)=O)cc1)NCc1ccc(C)cc1OCC(F)(F)F. The summed E-state index contributed by atoms with van der Waals surface area (Å²) < 4.78 is 42.5. The molecule has 0 aliphatic rings. The number of aliphatic imine (C=N–C) groups is 1. The van der Waals surface area contributed by atoms with Crippen molar-refractivity contribution in [2.75, 3.05) is 13.2 Å². The number of primary amides is 1. The summed E-state index contributed by atoms with van der Waals surface area (Å²) in [6.45, 7) is 3.53. The number of nitrogens with one attached hydrogen (secondary N) is 2. The molecule has 0 atom stereocenters. The first-order chi connectivity index (χ1) is 14.2. The Morgan fingerprint density at radius 1 is 1.13 bits per heavy atom. The lowest BCUT2D eigenvalue weighted by Crippen LogP contribution is -2.37. The summed E-state index contributed by atoms with van der Waals surface area (Å²) in [4.78, 5) is 15.6. The molecule has 6 nitrogen and oxygen atoms in total. The number of hydrogen-bond donors (Lipinski definition) is 3. The Morgan fingerprint density at radius 2 is 1.83 bits per heavy atom. The summed E-state index contributed by atoms with van der Waals surface area (Å²) in [6.07, 6.45) is -4.41. The van der Waals surface area contributed by atoms with E-state index in [9.17, 15) is 18.0 Å². The topological polar surface area (TPSA) is 88.7 Å². The van der Waals surface area contributed by atoms with Crippen LogP contribution in [0.4, 0.5) is 13.2 Å². The molecule has 2 aromatic rings. The van der Waals surface area contributed by atoms with Crippen LogP contribution in [0.1, 0.15) is 34.0 Å². The molecule has 0 fully saturated rings. The van der Waals surface area contributed by atoms with Crippen LogP contribution in [0.3, 0.4) is 0 Å². The standard InChI is InChI=1S/C21H25F3N4O2/c1-3-26-20(27-11-15-5-8-16(9-6-15)19(25)29)28-12-17-7-4-14(2)10-18(17)30-13-21(22,23)24/h4-10H,3,11-13H2,1-2H3,(H2,25,29)(H2,26,27,28). The number of alkyl halides is 3. The van der Waals surface area contributed by atoms with Crippen molar-refractivity contribution in [3.8, 4) is 5.75 Å². The molecule has 0 aliphatic carbocycles. The van der Waals surface area contributed by atoms with Crippen LogP contribution < -0.4 is 21.1 Å². The predicted molar refractivity (Wildman–Crippen MR) is 109 cm³/mol. The van der Waals surface area contributed by atoms with Crippen LogP contribution in [0.25, 0.3) is 0 Å². The van der Waals surface area contributed by atoms with Gasteiger partial charge in [-0.2, -0.15) is 13.2 Å². The van der Waals surface area contributed by atoms with Crippen molar-refractivity contribution < 1.29 is 22.7 Å². The monoisotopic (exact) mass is 422 g/mol. The molecular weight excluding hydrogens is 397 g/mol. The third kappa shape index (κ3) is 7.65. The Morgan fingerprint density at radius 3 is 2.43 bits per heavy atom. The maximum atomic E-state index is 12.5. The number of benzene rings is 2. The van der Waals surface area contributed by atoms with Crippen LogP contribution in [0.5, 0.6) is 5.75 Å². The Labute approximate surface area is 173 Å². The van der Waals surface area contributed by atoms with Gasteiger partial charge >= 0.3 is 6.18 Å². The van der Waals surface area contributed by atoms with E-state index in [4.69, 9.17) is 10.5 Å². The number of ether oxygens (including phenoxy) is 1. The van der Waals surface area contributed by atoms with E-state index in [0.717, 1.165) is 11.1 Å². The average Bonchev–Trinajstić information content (AvgIpc) is 2.69. The molecular formula is C21H25F3N4O2. The summed E-state index contributed by atoms with van der Waals surface area (Å²) in [5.41, 5.74) is 7.91. The largest absolute Gasteiger partial charge is 0.484 e. The number of carbonyl (C=O) groups excluding carboxylic acids is 1. The molecule has 0 radical (unpaired) electrons. The van der Waals surface area contributed by atoms with E-state index in [1.54, 1.807) is 43.3 Å². The van der Waals surface area contributed by atoms with Crippen molar-refractivity contribution in [3.63, 3.8) is 0 Å². The fraction of sp³-hybridized carbons (Fsp3) is 0.333. The third-order valence-corrected chi connectivity index (χ3v) is 4.06. The summed E-state index contributed by atoms with van der Waals surface area (Å²) in [6, 6.07) is 11.9. The summed E-state index contributed by atoms with van der Waals surface area (Å²) in [5, 5.41) is 6.18. The number of nitrogens with two attached hydrogens (primary N) is 1. The van der Waals surface area contributed by atoms with Gasteiger partial charge in [0.05, 0.1) is 6.54 Å². The molecule has 4 N–H and O–H groups in total. The molecule has 0 unspecified atom stereocenters. The van der Waals surface area contributed by atoms with Gasteiger partial charge in [-0.05, 0) is 43.2 Å². The van der Waals surface area contributed by atoms with Gasteiger partial charge in [0, 0.05) is 24.2 Å². The van der Waals surface area contributed by atoms with Crippen molar-refractivity contribution >= 4 is 11.9 Å². The van der Waals surface area contributed by atoms with E-state index in [1.807, 2.05) is 13.0 Å². The van der Waals surface area contributed by atoms with Gasteiger partial charge < -0.3 is 21.1 Å². The number of amides is 1. The fourth-order valence-electron chi connectivity index (χ4n) is 2.57. The second-order valence-corrected chi connectivity index (χ2v) is 6.62. The van der Waals surface area contributed by atoms with E-state index < -0.39 is 18.7 Å². The van der Waals surface area contributed by atoms with E-state index in [1.165, 1.54) is 0 Å². The lowest BCUT2D eigenvalue weighted by atomic mass is 10.1. The zero-order valence-corrected chi connectivity index (χ0v) is 16.8. The molecule has 0 aromatic heterocycles. The van der Waals surface area contributed by atoms with Crippen molar-refractivity contribution in [1.82, 2.24) is 10.6 Å². The van der Waals surface area contributed by atoms with Crippen molar-refractivity contribution in [2.24, 2.45) is 10.7 Å². The Balaban J connectivity index is 2.06. The maximum absolute atomic E-state index is 12.5. The van der Waals surface area contributed by atoms with Crippen LogP contribution in [0.2, 0.25) is 0 Å². The maximum Gasteiger partial charge on any atom is 0.422 e. The highest BCUT2D eigenvalue weighted by molar-refractivity contribution is 5.92. The van der Waals surface area contributed by atoms with Crippen LogP contribution in [0, 0.1) is 6.92 Å². The first-order valence-electron chi connectivity index (χ1n) is 9.38. The quantitative estimate of drug-likeness (QED) is 0.450. The first kappa shape index (κ1) is 23.1. The fourth-order valence-corrected chi connectivity index (χ4v) is 2.57. The Bertz CT molecular complexity index is 881. The van der Waals surface area contributed by atoms with Crippen molar-refractivity contribution in [2.45, 2.75) is 33.1 Å². The molecule has 2 rings (SSSR count). The predicted octanol–water partition coefficient (Wildman–Crippen LogP) is 3.29. The van der Waals surface area contributed by atoms with Crippen LogP contribution in [-0.2, 0) is 13.1 Å². The number of aryl methyl sites for hydroxylation is 1. The molecule has 162 valence electrons. The molecule has 2 aromatic carbocycles. The van der Waals surface area contributed by atoms with Crippen LogP contribution in [-0.4, -0.2) is 31.2 Å². The highest BCUT2D eigenvalue weighted by atomic mass is 19.4. The van der Waals surface area contributed by atoms with Gasteiger partial charge in [0.15, 0.2) is 12.6 Å². The van der Waals surface area contributed by atoms with Gasteiger partial charge in [-0.15, -0.1) is 0 Å². The van der Waals surface area contributed by atoms with Crippen molar-refractivity contribution in [3.05, 3.63) is 64.7 Å². The minimum atomic E-state index is -4.41. The van der Waals surface area contributed by atoms with Crippen LogP contribution in [0.15, 0.2) is 47.5 Å². The minimum Gasteiger partial charge on any atom is -0.484 e. The Hall–Kier alpha value is -3.23. The number of hydrogen-bond acceptors (Lipinski definition) is 3. The van der Waals surface area contributed by atoms with Gasteiger partial charge in [-0.3, -0.25) is 4.79 Å². The molecule has 0 aliphatic heterocycles. The van der Waals surface area contributed by atoms with Gasteiger partial charge in [-0.25, -0.2) is 4.99 Å². The smallest absolute Gasteiger partial charge is 0.422 e. The molecule has 30 heavy (non-hydrogen) atoms.